The molecule has 0 spiro atoms. The van der Waals surface area contributed by atoms with Gasteiger partial charge in [0, 0.05) is 51.4 Å². The Morgan fingerprint density at radius 3 is 2.64 bits per heavy atom. The Labute approximate surface area is 192 Å². The van der Waals surface area contributed by atoms with Crippen LogP contribution in [0, 0.1) is 5.82 Å². The Balaban J connectivity index is 1.73. The maximum atomic E-state index is 14.4. The summed E-state index contributed by atoms with van der Waals surface area (Å²) in [6.07, 6.45) is 2.50. The highest BCUT2D eigenvalue weighted by atomic mass is 19.1. The number of nitrogens with zero attached hydrogens (tertiary/aromatic N) is 5. The van der Waals surface area contributed by atoms with E-state index >= 15 is 0 Å². The van der Waals surface area contributed by atoms with Gasteiger partial charge in [-0.3, -0.25) is 14.7 Å². The van der Waals surface area contributed by atoms with E-state index in [1.165, 1.54) is 6.07 Å². The average Bonchev–Trinajstić information content (AvgIpc) is 2.83. The number of aliphatic hydroxyl groups is 1. The maximum absolute atomic E-state index is 14.4. The number of pyridine rings is 1. The van der Waals surface area contributed by atoms with Gasteiger partial charge in [-0.1, -0.05) is 19.1 Å². The van der Waals surface area contributed by atoms with Crippen LogP contribution in [-0.2, 0) is 11.3 Å². The molecule has 0 unspecified atom stereocenters. The monoisotopic (exact) mass is 455 g/mol. The molecule has 9 heteroatoms. The molecule has 3 heterocycles. The van der Waals surface area contributed by atoms with Crippen LogP contribution in [0.1, 0.15) is 13.3 Å². The number of aromatic nitrogens is 3. The molecule has 1 N–H and O–H groups in total. The second-order valence-electron chi connectivity index (χ2n) is 8.09. The summed E-state index contributed by atoms with van der Waals surface area (Å²) in [5.74, 6) is 0.0249. The second kappa shape index (κ2) is 10.8. The first-order valence-electron chi connectivity index (χ1n) is 11.4. The van der Waals surface area contributed by atoms with E-state index in [4.69, 9.17) is 4.74 Å². The van der Waals surface area contributed by atoms with Gasteiger partial charge in [-0.2, -0.15) is 0 Å². The van der Waals surface area contributed by atoms with E-state index < -0.39 is 0 Å². The summed E-state index contributed by atoms with van der Waals surface area (Å²) < 4.78 is 21.7. The highest BCUT2D eigenvalue weighted by Gasteiger charge is 2.22. The summed E-state index contributed by atoms with van der Waals surface area (Å²) >= 11 is 0. The van der Waals surface area contributed by atoms with Gasteiger partial charge in [0.2, 0.25) is 0 Å². The van der Waals surface area contributed by atoms with Crippen LogP contribution >= 0.6 is 0 Å². The van der Waals surface area contributed by atoms with Crippen molar-refractivity contribution in [2.45, 2.75) is 19.9 Å². The summed E-state index contributed by atoms with van der Waals surface area (Å²) in [5.41, 5.74) is 1.83. The molecule has 0 saturated carbocycles. The Morgan fingerprint density at radius 1 is 1.12 bits per heavy atom. The minimum absolute atomic E-state index is 0.120. The van der Waals surface area contributed by atoms with Gasteiger partial charge in [-0.15, -0.1) is 0 Å². The lowest BCUT2D eigenvalue weighted by Crippen LogP contribution is -2.49. The molecule has 1 aromatic carbocycles. The lowest BCUT2D eigenvalue weighted by Gasteiger charge is -2.34. The summed E-state index contributed by atoms with van der Waals surface area (Å²) in [7, 11) is 0. The van der Waals surface area contributed by atoms with Gasteiger partial charge >= 0.3 is 0 Å². The number of hydrogen-bond acceptors (Lipinski definition) is 7. The van der Waals surface area contributed by atoms with Crippen molar-refractivity contribution in [1.29, 1.82) is 0 Å². The molecular weight excluding hydrogens is 425 g/mol. The molecular formula is C24H30FN5O3. The van der Waals surface area contributed by atoms with E-state index in [-0.39, 0.29) is 18.0 Å². The van der Waals surface area contributed by atoms with Crippen LogP contribution in [-0.4, -0.2) is 77.1 Å². The lowest BCUT2D eigenvalue weighted by atomic mass is 10.1. The highest BCUT2D eigenvalue weighted by molar-refractivity contribution is 5.80. The van der Waals surface area contributed by atoms with Gasteiger partial charge in [-0.05, 0) is 24.6 Å². The number of anilines is 1. The molecule has 8 nitrogen and oxygen atoms in total. The maximum Gasteiger partial charge on any atom is 0.294 e. The number of fused-ring (bicyclic) bond motifs is 1. The molecule has 1 fully saturated rings. The third kappa shape index (κ3) is 5.21. The number of β-amino-alcohol motifs (C(OH)–C–C–N with tert-alkyl or cyclic N) is 1. The molecule has 1 saturated heterocycles. The highest BCUT2D eigenvalue weighted by Crippen LogP contribution is 2.24. The van der Waals surface area contributed by atoms with Crippen LogP contribution in [0.15, 0.2) is 41.3 Å². The fourth-order valence-corrected chi connectivity index (χ4v) is 4.10. The molecule has 0 atom stereocenters. The number of aliphatic hydroxyl groups excluding tert-OH is 1. The molecule has 176 valence electrons. The quantitative estimate of drug-likeness (QED) is 0.495. The molecule has 0 amide bonds. The van der Waals surface area contributed by atoms with Crippen molar-refractivity contribution in [2.75, 3.05) is 57.4 Å². The van der Waals surface area contributed by atoms with Crippen molar-refractivity contribution in [2.24, 2.45) is 0 Å². The first kappa shape index (κ1) is 23.3. The van der Waals surface area contributed by atoms with Crippen molar-refractivity contribution in [3.8, 4) is 11.3 Å². The zero-order valence-corrected chi connectivity index (χ0v) is 18.9. The number of piperazine rings is 1. The van der Waals surface area contributed by atoms with Crippen molar-refractivity contribution in [1.82, 2.24) is 19.4 Å². The number of ether oxygens (including phenoxy) is 1. The number of rotatable bonds is 9. The van der Waals surface area contributed by atoms with Gasteiger partial charge in [0.25, 0.3) is 5.56 Å². The van der Waals surface area contributed by atoms with E-state index in [2.05, 4.69) is 14.9 Å². The van der Waals surface area contributed by atoms with Gasteiger partial charge in [0.1, 0.15) is 11.3 Å². The van der Waals surface area contributed by atoms with Crippen LogP contribution < -0.4 is 10.5 Å². The zero-order chi connectivity index (χ0) is 23.2. The summed E-state index contributed by atoms with van der Waals surface area (Å²) in [6, 6.07) is 8.18. The van der Waals surface area contributed by atoms with E-state index in [0.29, 0.717) is 67.5 Å². The van der Waals surface area contributed by atoms with E-state index in [9.17, 15) is 14.3 Å². The van der Waals surface area contributed by atoms with Crippen molar-refractivity contribution in [3.05, 3.63) is 52.7 Å². The van der Waals surface area contributed by atoms with Gasteiger partial charge in [-0.25, -0.2) is 9.37 Å². The predicted octanol–water partition coefficient (Wildman–Crippen LogP) is 2.14. The minimum atomic E-state index is -0.366. The van der Waals surface area contributed by atoms with E-state index in [0.717, 1.165) is 19.5 Å². The number of hydrogen-bond donors (Lipinski definition) is 1. The standard InChI is InChI=1S/C24H30FN5O3/c1-2-14-33-15-12-30-22-16-20(18-5-3-4-6-19(18)25)26-17-21(22)27-23(24(30)32)29-9-7-28(8-10-29)11-13-31/h3-6,16-17,31H,2,7-15H2,1H3. The number of benzene rings is 1. The molecule has 1 aliphatic heterocycles. The fourth-order valence-electron chi connectivity index (χ4n) is 4.10. The molecule has 3 aromatic rings. The van der Waals surface area contributed by atoms with Gasteiger partial charge < -0.3 is 19.3 Å². The van der Waals surface area contributed by atoms with Crippen LogP contribution in [0.25, 0.3) is 22.3 Å². The normalized spacial score (nSPS) is 14.8. The molecule has 4 rings (SSSR count). The molecule has 2 aromatic heterocycles. The average molecular weight is 456 g/mol. The van der Waals surface area contributed by atoms with Crippen molar-refractivity contribution >= 4 is 16.9 Å². The SMILES string of the molecule is CCCOCCn1c(=O)c(N2CCN(CCO)CC2)nc2cnc(-c3ccccc3F)cc21. The van der Waals surface area contributed by atoms with E-state index in [1.807, 2.05) is 11.8 Å². The molecule has 0 aliphatic carbocycles. The Kier molecular flexibility index (Phi) is 7.64. The number of halogens is 1. The Morgan fingerprint density at radius 2 is 1.91 bits per heavy atom. The second-order valence-corrected chi connectivity index (χ2v) is 8.09. The van der Waals surface area contributed by atoms with Gasteiger partial charge in [0.15, 0.2) is 5.82 Å². The summed E-state index contributed by atoms with van der Waals surface area (Å²) in [6.45, 7) is 6.99. The smallest absolute Gasteiger partial charge is 0.294 e. The predicted molar refractivity (Wildman–Crippen MR) is 126 cm³/mol. The fraction of sp³-hybridized carbons (Fsp3) is 0.458. The largest absolute Gasteiger partial charge is 0.395 e. The Hall–Kier alpha value is -2.88. The lowest BCUT2D eigenvalue weighted by molar-refractivity contribution is 0.127. The first-order valence-corrected chi connectivity index (χ1v) is 11.4. The van der Waals surface area contributed by atoms with Crippen molar-refractivity contribution < 1.29 is 14.2 Å². The third-order valence-electron chi connectivity index (χ3n) is 5.86. The van der Waals surface area contributed by atoms with Crippen LogP contribution in [0.3, 0.4) is 0 Å². The molecule has 0 bridgehead atoms. The molecule has 1 aliphatic rings. The summed E-state index contributed by atoms with van der Waals surface area (Å²) in [5, 5.41) is 9.18. The zero-order valence-electron chi connectivity index (χ0n) is 18.9. The topological polar surface area (TPSA) is 83.7 Å². The Bertz CT molecular complexity index is 1140. The van der Waals surface area contributed by atoms with Gasteiger partial charge in [0.05, 0.1) is 30.6 Å². The minimum Gasteiger partial charge on any atom is -0.395 e. The third-order valence-corrected chi connectivity index (χ3v) is 5.86. The summed E-state index contributed by atoms with van der Waals surface area (Å²) in [4.78, 5) is 26.8. The van der Waals surface area contributed by atoms with Crippen LogP contribution in [0.4, 0.5) is 10.2 Å². The van der Waals surface area contributed by atoms with Crippen LogP contribution in [0.5, 0.6) is 0 Å². The van der Waals surface area contributed by atoms with Crippen LogP contribution in [0.2, 0.25) is 0 Å². The van der Waals surface area contributed by atoms with E-state index in [1.54, 1.807) is 35.0 Å². The first-order chi connectivity index (χ1) is 16.1. The molecule has 0 radical (unpaired) electrons. The van der Waals surface area contributed by atoms with Crippen molar-refractivity contribution in [3.63, 3.8) is 0 Å². The molecule has 33 heavy (non-hydrogen) atoms.